The second-order valence-corrected chi connectivity index (χ2v) is 7.21. The zero-order chi connectivity index (χ0) is 18.5. The minimum absolute atomic E-state index is 0.0594. The highest BCUT2D eigenvalue weighted by Crippen LogP contribution is 2.44. The van der Waals surface area contributed by atoms with Gasteiger partial charge in [-0.2, -0.15) is 0 Å². The van der Waals surface area contributed by atoms with Crippen LogP contribution in [0.1, 0.15) is 38.8 Å². The van der Waals surface area contributed by atoms with Crippen molar-refractivity contribution in [3.8, 4) is 0 Å². The van der Waals surface area contributed by atoms with E-state index in [1.165, 1.54) is 16.5 Å². The van der Waals surface area contributed by atoms with Gasteiger partial charge < -0.3 is 4.98 Å². The maximum absolute atomic E-state index is 13.4. The van der Waals surface area contributed by atoms with Gasteiger partial charge in [0, 0.05) is 33.4 Å². The molecule has 0 saturated heterocycles. The number of hydrogen-bond acceptors (Lipinski definition) is 1. The Kier molecular flexibility index (Phi) is 3.44. The molecule has 0 fully saturated rings. The molecule has 1 unspecified atom stereocenters. The molecule has 3 aromatic carbocycles. The summed E-state index contributed by atoms with van der Waals surface area (Å²) in [6, 6.07) is 24.3. The minimum atomic E-state index is -0.132. The van der Waals surface area contributed by atoms with E-state index in [1.54, 1.807) is 0 Å². The van der Waals surface area contributed by atoms with Gasteiger partial charge in [0.15, 0.2) is 0 Å². The molecule has 1 aliphatic rings. The molecule has 0 radical (unpaired) electrons. The van der Waals surface area contributed by atoms with Crippen LogP contribution in [-0.4, -0.2) is 10.9 Å². The molecule has 3 nitrogen and oxygen atoms in total. The Morgan fingerprint density at radius 1 is 0.852 bits per heavy atom. The maximum Gasteiger partial charge on any atom is 0.259 e. The number of nitrogens with zero attached hydrogens (tertiary/aromatic N) is 1. The summed E-state index contributed by atoms with van der Waals surface area (Å²) >= 11 is 0. The number of aromatic nitrogens is 1. The Morgan fingerprint density at radius 2 is 1.56 bits per heavy atom. The van der Waals surface area contributed by atoms with E-state index in [0.29, 0.717) is 0 Å². The van der Waals surface area contributed by atoms with Crippen molar-refractivity contribution in [3.63, 3.8) is 0 Å². The highest BCUT2D eigenvalue weighted by Gasteiger charge is 2.40. The van der Waals surface area contributed by atoms with Crippen LogP contribution >= 0.6 is 0 Å². The van der Waals surface area contributed by atoms with Gasteiger partial charge in [0.25, 0.3) is 5.91 Å². The van der Waals surface area contributed by atoms with Gasteiger partial charge in [0.1, 0.15) is 0 Å². The summed E-state index contributed by atoms with van der Waals surface area (Å²) in [5.41, 5.74) is 7.33. The number of benzene rings is 3. The predicted octanol–water partition coefficient (Wildman–Crippen LogP) is 5.53. The highest BCUT2D eigenvalue weighted by molar-refractivity contribution is 6.12. The van der Waals surface area contributed by atoms with Crippen LogP contribution in [0.25, 0.3) is 10.9 Å². The Balaban J connectivity index is 1.79. The lowest BCUT2D eigenvalue weighted by molar-refractivity contribution is 0.0993. The molecule has 0 saturated carbocycles. The van der Waals surface area contributed by atoms with E-state index in [4.69, 9.17) is 0 Å². The maximum atomic E-state index is 13.4. The molecule has 0 aliphatic carbocycles. The van der Waals surface area contributed by atoms with Gasteiger partial charge in [-0.25, -0.2) is 0 Å². The molecule has 132 valence electrons. The molecule has 3 heteroatoms. The number of nitrogens with one attached hydrogen (secondary N) is 1. The first-order chi connectivity index (χ1) is 13.1. The van der Waals surface area contributed by atoms with Gasteiger partial charge in [-0.1, -0.05) is 54.1 Å². The van der Waals surface area contributed by atoms with Crippen LogP contribution in [0.3, 0.4) is 0 Å². The summed E-state index contributed by atoms with van der Waals surface area (Å²) in [4.78, 5) is 18.8. The van der Waals surface area contributed by atoms with Crippen molar-refractivity contribution in [3.05, 3.63) is 101 Å². The van der Waals surface area contributed by atoms with Crippen LogP contribution in [-0.2, 0) is 0 Å². The molecule has 1 aromatic heterocycles. The van der Waals surface area contributed by atoms with Crippen molar-refractivity contribution < 1.29 is 4.79 Å². The van der Waals surface area contributed by atoms with E-state index < -0.39 is 0 Å². The fraction of sp³-hybridized carbons (Fsp3) is 0.125. The number of H-pyrrole nitrogens is 1. The Bertz CT molecular complexity index is 1170. The molecular formula is C24H20N2O. The third kappa shape index (κ3) is 2.32. The number of aromatic amines is 1. The molecule has 1 aliphatic heterocycles. The highest BCUT2D eigenvalue weighted by atomic mass is 16.2. The lowest BCUT2D eigenvalue weighted by Gasteiger charge is -2.26. The van der Waals surface area contributed by atoms with E-state index >= 15 is 0 Å². The van der Waals surface area contributed by atoms with Gasteiger partial charge in [-0.15, -0.1) is 0 Å². The Hall–Kier alpha value is -3.33. The summed E-state index contributed by atoms with van der Waals surface area (Å²) in [5.74, 6) is 0.0594. The number of amides is 1. The van der Waals surface area contributed by atoms with Crippen LogP contribution < -0.4 is 4.90 Å². The number of carbonyl (C=O) groups excluding carboxylic acids is 1. The largest absolute Gasteiger partial charge is 0.358 e. The number of carbonyl (C=O) groups is 1. The van der Waals surface area contributed by atoms with E-state index in [2.05, 4.69) is 55.2 Å². The third-order valence-electron chi connectivity index (χ3n) is 5.49. The van der Waals surface area contributed by atoms with Crippen LogP contribution in [0, 0.1) is 13.8 Å². The van der Waals surface area contributed by atoms with Crippen LogP contribution in [0.15, 0.2) is 72.8 Å². The van der Waals surface area contributed by atoms with Gasteiger partial charge in [0.05, 0.1) is 6.04 Å². The summed E-state index contributed by atoms with van der Waals surface area (Å²) in [6.07, 6.45) is 0. The van der Waals surface area contributed by atoms with Crippen molar-refractivity contribution in [2.24, 2.45) is 0 Å². The van der Waals surface area contributed by atoms with Crippen LogP contribution in [0.4, 0.5) is 5.69 Å². The summed E-state index contributed by atoms with van der Waals surface area (Å²) < 4.78 is 0. The second kappa shape index (κ2) is 5.85. The van der Waals surface area contributed by atoms with Crippen molar-refractivity contribution in [1.29, 1.82) is 0 Å². The minimum Gasteiger partial charge on any atom is -0.358 e. The molecule has 1 N–H and O–H groups in total. The van der Waals surface area contributed by atoms with Gasteiger partial charge in [0.2, 0.25) is 0 Å². The molecule has 0 spiro atoms. The number of rotatable bonds is 2. The zero-order valence-electron chi connectivity index (χ0n) is 15.4. The molecular weight excluding hydrogens is 332 g/mol. The number of aryl methyl sites for hydroxylation is 2. The second-order valence-electron chi connectivity index (χ2n) is 7.21. The molecule has 5 rings (SSSR count). The SMILES string of the molecule is Cc1ccc(N2C(=O)c3ccccc3C2c2c(C)[nH]c3ccccc23)cc1. The average Bonchev–Trinajstić information content (AvgIpc) is 3.16. The Morgan fingerprint density at radius 3 is 2.37 bits per heavy atom. The smallest absolute Gasteiger partial charge is 0.259 e. The fourth-order valence-electron chi connectivity index (χ4n) is 4.22. The fourth-order valence-corrected chi connectivity index (χ4v) is 4.22. The molecule has 2 heterocycles. The van der Waals surface area contributed by atoms with Gasteiger partial charge in [-0.05, 0) is 43.7 Å². The molecule has 27 heavy (non-hydrogen) atoms. The quantitative estimate of drug-likeness (QED) is 0.505. The van der Waals surface area contributed by atoms with E-state index in [0.717, 1.165) is 28.0 Å². The number of para-hydroxylation sites is 1. The van der Waals surface area contributed by atoms with Crippen LogP contribution in [0.5, 0.6) is 0 Å². The Labute approximate surface area is 158 Å². The normalized spacial score (nSPS) is 16.1. The zero-order valence-corrected chi connectivity index (χ0v) is 15.4. The summed E-state index contributed by atoms with van der Waals surface area (Å²) in [7, 11) is 0. The van der Waals surface area contributed by atoms with Crippen molar-refractivity contribution in [1.82, 2.24) is 4.98 Å². The van der Waals surface area contributed by atoms with E-state index in [9.17, 15) is 4.79 Å². The standard InChI is InChI=1S/C24H20N2O/c1-15-11-13-17(14-12-15)26-23(18-7-3-4-8-19(18)24(26)27)22-16(2)25-21-10-6-5-9-20(21)22/h3-14,23,25H,1-2H3. The first-order valence-corrected chi connectivity index (χ1v) is 9.21. The van der Waals surface area contributed by atoms with Crippen molar-refractivity contribution >= 4 is 22.5 Å². The lowest BCUT2D eigenvalue weighted by Crippen LogP contribution is -2.28. The first-order valence-electron chi connectivity index (χ1n) is 9.21. The summed E-state index contributed by atoms with van der Waals surface area (Å²) in [6.45, 7) is 4.15. The predicted molar refractivity (Wildman–Crippen MR) is 109 cm³/mol. The number of fused-ring (bicyclic) bond motifs is 2. The number of anilines is 1. The van der Waals surface area contributed by atoms with Gasteiger partial charge >= 0.3 is 0 Å². The number of hydrogen-bond donors (Lipinski definition) is 1. The third-order valence-corrected chi connectivity index (χ3v) is 5.49. The monoisotopic (exact) mass is 352 g/mol. The topological polar surface area (TPSA) is 36.1 Å². The molecule has 1 atom stereocenters. The van der Waals surface area contributed by atoms with E-state index in [1.807, 2.05) is 41.3 Å². The van der Waals surface area contributed by atoms with E-state index in [-0.39, 0.29) is 11.9 Å². The van der Waals surface area contributed by atoms with Crippen LogP contribution in [0.2, 0.25) is 0 Å². The molecule has 0 bridgehead atoms. The van der Waals surface area contributed by atoms with Crippen molar-refractivity contribution in [2.75, 3.05) is 4.90 Å². The summed E-state index contributed by atoms with van der Waals surface area (Å²) in [5, 5.41) is 1.17. The average molecular weight is 352 g/mol. The first kappa shape index (κ1) is 15.9. The molecule has 4 aromatic rings. The van der Waals surface area contributed by atoms with Gasteiger partial charge in [-0.3, -0.25) is 9.69 Å². The van der Waals surface area contributed by atoms with Crippen molar-refractivity contribution in [2.45, 2.75) is 19.9 Å². The molecule has 1 amide bonds. The lowest BCUT2D eigenvalue weighted by atomic mass is 9.95.